The van der Waals surface area contributed by atoms with Gasteiger partial charge >= 0.3 is 0 Å². The van der Waals surface area contributed by atoms with Crippen molar-refractivity contribution in [2.45, 2.75) is 31.0 Å². The molecule has 0 bridgehead atoms. The summed E-state index contributed by atoms with van der Waals surface area (Å²) in [5.41, 5.74) is 2.52. The van der Waals surface area contributed by atoms with Crippen LogP contribution in [0.1, 0.15) is 28.7 Å². The molecule has 0 N–H and O–H groups in total. The Balaban J connectivity index is 1.73. The number of aryl methyl sites for hydroxylation is 2. The number of Topliss-reactive ketones (excluding diaryl/α,β-unsaturated/α-hetero) is 1. The Morgan fingerprint density at radius 2 is 1.96 bits per heavy atom. The van der Waals surface area contributed by atoms with Crippen LogP contribution in [0, 0.1) is 13.8 Å². The van der Waals surface area contributed by atoms with E-state index >= 15 is 0 Å². The third-order valence-corrected chi connectivity index (χ3v) is 4.89. The fourth-order valence-corrected chi connectivity index (χ4v) is 3.49. The lowest BCUT2D eigenvalue weighted by Gasteiger charge is -2.10. The lowest BCUT2D eigenvalue weighted by molar-refractivity contribution is 0.0994. The molecule has 0 aliphatic heterocycles. The molecule has 7 heteroatoms. The quantitative estimate of drug-likeness (QED) is 0.493. The molecule has 3 aromatic rings. The second kappa shape index (κ2) is 7.37. The number of hydrogen-bond donors (Lipinski definition) is 0. The van der Waals surface area contributed by atoms with Gasteiger partial charge in [-0.3, -0.25) is 4.79 Å². The van der Waals surface area contributed by atoms with E-state index < -0.39 is 0 Å². The highest BCUT2D eigenvalue weighted by atomic mass is 35.5. The molecule has 0 aliphatic rings. The van der Waals surface area contributed by atoms with Gasteiger partial charge in [0.15, 0.2) is 11.6 Å². The van der Waals surface area contributed by atoms with Crippen molar-refractivity contribution in [3.63, 3.8) is 0 Å². The van der Waals surface area contributed by atoms with Crippen LogP contribution in [-0.2, 0) is 0 Å². The van der Waals surface area contributed by atoms with Crippen LogP contribution in [0.3, 0.4) is 0 Å². The number of aromatic nitrogens is 4. The van der Waals surface area contributed by atoms with Crippen molar-refractivity contribution >= 4 is 29.1 Å². The van der Waals surface area contributed by atoms with Crippen molar-refractivity contribution in [2.75, 3.05) is 0 Å². The molecule has 25 heavy (non-hydrogen) atoms. The summed E-state index contributed by atoms with van der Waals surface area (Å²) >= 11 is 7.32. The molecule has 1 aromatic carbocycles. The first-order valence-corrected chi connectivity index (χ1v) is 9.03. The molecule has 1 atom stereocenters. The van der Waals surface area contributed by atoms with E-state index in [0.717, 1.165) is 11.4 Å². The molecule has 3 rings (SSSR count). The van der Waals surface area contributed by atoms with E-state index in [1.165, 1.54) is 11.8 Å². The molecule has 5 nitrogen and oxygen atoms in total. The average molecular weight is 373 g/mol. The summed E-state index contributed by atoms with van der Waals surface area (Å²) in [5, 5.41) is 13.8. The Kier molecular flexibility index (Phi) is 5.20. The number of carbonyl (C=O) groups is 1. The van der Waals surface area contributed by atoms with Crippen LogP contribution in [0.15, 0.2) is 47.5 Å². The lowest BCUT2D eigenvalue weighted by Crippen LogP contribution is -2.14. The molecule has 0 saturated heterocycles. The first kappa shape index (κ1) is 17.6. The van der Waals surface area contributed by atoms with Gasteiger partial charge in [-0.1, -0.05) is 35.5 Å². The maximum absolute atomic E-state index is 12.5. The van der Waals surface area contributed by atoms with Gasteiger partial charge in [0.1, 0.15) is 5.03 Å². The number of nitrogens with zero attached hydrogens (tertiary/aromatic N) is 4. The third kappa shape index (κ3) is 4.08. The van der Waals surface area contributed by atoms with Gasteiger partial charge < -0.3 is 0 Å². The maximum atomic E-state index is 12.5. The summed E-state index contributed by atoms with van der Waals surface area (Å²) < 4.78 is 1.75. The molecule has 0 spiro atoms. The molecule has 0 aliphatic carbocycles. The summed E-state index contributed by atoms with van der Waals surface area (Å²) in [6.07, 6.45) is 0. The van der Waals surface area contributed by atoms with Crippen molar-refractivity contribution < 1.29 is 4.79 Å². The zero-order valence-corrected chi connectivity index (χ0v) is 15.7. The first-order valence-electron chi connectivity index (χ1n) is 7.78. The Labute approximate surface area is 155 Å². The molecular weight excluding hydrogens is 356 g/mol. The molecular formula is C18H17ClN4OS. The highest BCUT2D eigenvalue weighted by Crippen LogP contribution is 2.25. The van der Waals surface area contributed by atoms with Gasteiger partial charge in [-0.05, 0) is 51.1 Å². The van der Waals surface area contributed by atoms with Gasteiger partial charge in [0.2, 0.25) is 0 Å². The SMILES string of the molecule is Cc1cc(C)n(-c2ccc(SC(C)C(=O)c3cccc(Cl)c3)nn2)n1. The molecule has 0 radical (unpaired) electrons. The summed E-state index contributed by atoms with van der Waals surface area (Å²) in [6, 6.07) is 12.7. The largest absolute Gasteiger partial charge is 0.293 e. The molecule has 2 aromatic heterocycles. The van der Waals surface area contributed by atoms with Crippen molar-refractivity contribution in [3.05, 3.63) is 64.4 Å². The van der Waals surface area contributed by atoms with Crippen LogP contribution in [0.5, 0.6) is 0 Å². The number of carbonyl (C=O) groups excluding carboxylic acids is 1. The zero-order chi connectivity index (χ0) is 18.0. The van der Waals surface area contributed by atoms with E-state index in [-0.39, 0.29) is 11.0 Å². The lowest BCUT2D eigenvalue weighted by atomic mass is 10.1. The van der Waals surface area contributed by atoms with E-state index in [9.17, 15) is 4.79 Å². The molecule has 2 heterocycles. The summed E-state index contributed by atoms with van der Waals surface area (Å²) in [6.45, 7) is 5.75. The van der Waals surface area contributed by atoms with E-state index in [0.29, 0.717) is 21.4 Å². The van der Waals surface area contributed by atoms with Crippen molar-refractivity contribution in [1.29, 1.82) is 0 Å². The maximum Gasteiger partial charge on any atom is 0.175 e. The second-order valence-electron chi connectivity index (χ2n) is 5.70. The van der Waals surface area contributed by atoms with Crippen LogP contribution < -0.4 is 0 Å². The van der Waals surface area contributed by atoms with Gasteiger partial charge in [-0.25, -0.2) is 4.68 Å². The smallest absolute Gasteiger partial charge is 0.175 e. The monoisotopic (exact) mass is 372 g/mol. The zero-order valence-electron chi connectivity index (χ0n) is 14.1. The fourth-order valence-electron chi connectivity index (χ4n) is 2.46. The van der Waals surface area contributed by atoms with Gasteiger partial charge in [-0.15, -0.1) is 10.2 Å². The minimum atomic E-state index is -0.285. The fraction of sp³-hybridized carbons (Fsp3) is 0.222. The highest BCUT2D eigenvalue weighted by Gasteiger charge is 2.18. The molecule has 1 unspecified atom stereocenters. The summed E-state index contributed by atoms with van der Waals surface area (Å²) in [4.78, 5) is 12.5. The van der Waals surface area contributed by atoms with Crippen LogP contribution in [0.25, 0.3) is 5.82 Å². The minimum Gasteiger partial charge on any atom is -0.293 e. The van der Waals surface area contributed by atoms with Gasteiger partial charge in [0, 0.05) is 16.3 Å². The predicted octanol–water partition coefficient (Wildman–Crippen LogP) is 4.30. The van der Waals surface area contributed by atoms with Gasteiger partial charge in [0.05, 0.1) is 10.9 Å². The van der Waals surface area contributed by atoms with Crippen LogP contribution >= 0.6 is 23.4 Å². The predicted molar refractivity (Wildman–Crippen MR) is 99.7 cm³/mol. The standard InChI is InChI=1S/C18H17ClN4OS/c1-11-9-12(2)23(22-11)16-7-8-17(21-20-16)25-13(3)18(24)14-5-4-6-15(19)10-14/h4-10,13H,1-3H3. The van der Waals surface area contributed by atoms with E-state index in [4.69, 9.17) is 11.6 Å². The Morgan fingerprint density at radius 3 is 2.56 bits per heavy atom. The van der Waals surface area contributed by atoms with E-state index in [2.05, 4.69) is 15.3 Å². The van der Waals surface area contributed by atoms with Crippen LogP contribution in [0.4, 0.5) is 0 Å². The Hall–Kier alpha value is -2.18. The number of halogens is 1. The van der Waals surface area contributed by atoms with Crippen molar-refractivity contribution in [2.24, 2.45) is 0 Å². The number of ketones is 1. The summed E-state index contributed by atoms with van der Waals surface area (Å²) in [5.74, 6) is 0.667. The van der Waals surface area contributed by atoms with Gasteiger partial charge in [0.25, 0.3) is 0 Å². The normalized spacial score (nSPS) is 12.2. The number of benzene rings is 1. The second-order valence-corrected chi connectivity index (χ2v) is 7.50. The molecule has 0 amide bonds. The van der Waals surface area contributed by atoms with E-state index in [1.807, 2.05) is 39.0 Å². The molecule has 128 valence electrons. The van der Waals surface area contributed by atoms with Gasteiger partial charge in [-0.2, -0.15) is 5.10 Å². The van der Waals surface area contributed by atoms with E-state index in [1.54, 1.807) is 28.9 Å². The Morgan fingerprint density at radius 1 is 1.16 bits per heavy atom. The third-order valence-electron chi connectivity index (χ3n) is 3.63. The summed E-state index contributed by atoms with van der Waals surface area (Å²) in [7, 11) is 0. The van der Waals surface area contributed by atoms with Crippen molar-refractivity contribution in [1.82, 2.24) is 20.0 Å². The topological polar surface area (TPSA) is 60.7 Å². The molecule has 0 fully saturated rings. The number of rotatable bonds is 5. The Bertz CT molecular complexity index is 908. The van der Waals surface area contributed by atoms with Crippen LogP contribution in [0.2, 0.25) is 5.02 Å². The molecule has 0 saturated carbocycles. The highest BCUT2D eigenvalue weighted by molar-refractivity contribution is 8.00. The van der Waals surface area contributed by atoms with Crippen molar-refractivity contribution in [3.8, 4) is 5.82 Å². The number of hydrogen-bond acceptors (Lipinski definition) is 5. The first-order chi connectivity index (χ1) is 11.9. The minimum absolute atomic E-state index is 0.0110. The number of thioether (sulfide) groups is 1. The average Bonchev–Trinajstić information content (AvgIpc) is 2.93. The van der Waals surface area contributed by atoms with Crippen LogP contribution in [-0.4, -0.2) is 31.0 Å².